The van der Waals surface area contributed by atoms with Crippen molar-refractivity contribution >= 4 is 23.6 Å². The van der Waals surface area contributed by atoms with Crippen LogP contribution in [0.4, 0.5) is 11.4 Å². The zero-order valence-corrected chi connectivity index (χ0v) is 15.3. The Hall–Kier alpha value is -3.94. The normalized spacial score (nSPS) is 10.9. The number of rotatable bonds is 6. The van der Waals surface area contributed by atoms with E-state index >= 15 is 0 Å². The molecule has 0 saturated carbocycles. The molecule has 0 radical (unpaired) electrons. The largest absolute Gasteiger partial charge is 0.478 e. The predicted molar refractivity (Wildman–Crippen MR) is 107 cm³/mol. The summed E-state index contributed by atoms with van der Waals surface area (Å²) in [6.07, 6.45) is 1.67. The van der Waals surface area contributed by atoms with Crippen molar-refractivity contribution in [1.82, 2.24) is 4.57 Å². The first-order chi connectivity index (χ1) is 13.4. The molecule has 3 aromatic rings. The molecular weight excluding hydrogens is 360 g/mol. The van der Waals surface area contributed by atoms with Gasteiger partial charge in [-0.1, -0.05) is 0 Å². The van der Waals surface area contributed by atoms with E-state index in [2.05, 4.69) is 10.5 Å². The van der Waals surface area contributed by atoms with E-state index in [1.54, 1.807) is 42.6 Å². The molecule has 0 aliphatic heterocycles. The quantitative estimate of drug-likeness (QED) is 0.380. The first-order valence-corrected chi connectivity index (χ1v) is 8.43. The number of carbonyl (C=O) groups is 1. The number of anilines is 1. The summed E-state index contributed by atoms with van der Waals surface area (Å²) in [4.78, 5) is 21.2. The topological polar surface area (TPSA) is 110 Å². The molecule has 8 nitrogen and oxygen atoms in total. The molecule has 0 saturated heterocycles. The van der Waals surface area contributed by atoms with Crippen LogP contribution in [0.15, 0.2) is 59.7 Å². The molecule has 1 heterocycles. The van der Waals surface area contributed by atoms with Gasteiger partial charge in [-0.05, 0) is 56.3 Å². The van der Waals surface area contributed by atoms with Crippen LogP contribution in [0, 0.1) is 24.0 Å². The Morgan fingerprint density at radius 1 is 1.14 bits per heavy atom. The number of hydrogen-bond acceptors (Lipinski definition) is 5. The summed E-state index contributed by atoms with van der Waals surface area (Å²) in [5.41, 5.74) is 7.44. The minimum Gasteiger partial charge on any atom is -0.478 e. The van der Waals surface area contributed by atoms with E-state index in [0.29, 0.717) is 5.69 Å². The van der Waals surface area contributed by atoms with Gasteiger partial charge < -0.3 is 9.67 Å². The average molecular weight is 378 g/mol. The third-order valence-corrected chi connectivity index (χ3v) is 4.32. The van der Waals surface area contributed by atoms with Crippen LogP contribution >= 0.6 is 0 Å². The van der Waals surface area contributed by atoms with E-state index in [1.807, 2.05) is 24.5 Å². The van der Waals surface area contributed by atoms with Gasteiger partial charge in [0.25, 0.3) is 5.69 Å². The number of aryl methyl sites for hydroxylation is 1. The number of nitrogens with one attached hydrogen (secondary N) is 1. The van der Waals surface area contributed by atoms with Crippen molar-refractivity contribution in [2.45, 2.75) is 13.8 Å². The minimum absolute atomic E-state index is 0.0204. The fraction of sp³-hybridized carbons (Fsp3) is 0.100. The van der Waals surface area contributed by atoms with Crippen molar-refractivity contribution in [3.63, 3.8) is 0 Å². The summed E-state index contributed by atoms with van der Waals surface area (Å²) in [7, 11) is 0. The van der Waals surface area contributed by atoms with Gasteiger partial charge in [-0.15, -0.1) is 0 Å². The van der Waals surface area contributed by atoms with Crippen LogP contribution in [0.5, 0.6) is 0 Å². The van der Waals surface area contributed by atoms with Gasteiger partial charge in [-0.3, -0.25) is 15.5 Å². The van der Waals surface area contributed by atoms with Gasteiger partial charge in [0.2, 0.25) is 0 Å². The van der Waals surface area contributed by atoms with Crippen LogP contribution < -0.4 is 5.43 Å². The van der Waals surface area contributed by atoms with E-state index in [0.717, 1.165) is 22.6 Å². The number of hydrazone groups is 1. The van der Waals surface area contributed by atoms with Crippen molar-refractivity contribution in [2.75, 3.05) is 5.43 Å². The van der Waals surface area contributed by atoms with E-state index < -0.39 is 10.9 Å². The summed E-state index contributed by atoms with van der Waals surface area (Å²) in [5.74, 6) is -0.961. The van der Waals surface area contributed by atoms with Crippen LogP contribution in [0.2, 0.25) is 0 Å². The Balaban J connectivity index is 1.78. The van der Waals surface area contributed by atoms with Gasteiger partial charge in [0, 0.05) is 34.8 Å². The Kier molecular flexibility index (Phi) is 5.21. The van der Waals surface area contributed by atoms with E-state index in [4.69, 9.17) is 5.11 Å². The standard InChI is InChI=1S/C20H18N4O4/c1-13-11-16(12-21-22-17-5-9-19(10-6-17)24(27)28)14(2)23(13)18-7-3-15(4-8-18)20(25)26/h3-12,22H,1-2H3,(H,25,26)/b21-12+. The smallest absolute Gasteiger partial charge is 0.335 e. The minimum atomic E-state index is -0.961. The monoisotopic (exact) mass is 378 g/mol. The fourth-order valence-corrected chi connectivity index (χ4v) is 2.90. The number of aromatic nitrogens is 1. The number of aromatic carboxylic acids is 1. The molecule has 8 heteroatoms. The first kappa shape index (κ1) is 18.8. The first-order valence-electron chi connectivity index (χ1n) is 8.43. The van der Waals surface area contributed by atoms with Crippen molar-refractivity contribution in [1.29, 1.82) is 0 Å². The number of non-ortho nitro benzene ring substituents is 1. The number of carboxylic acids is 1. The number of nitrogens with zero attached hydrogens (tertiary/aromatic N) is 3. The van der Waals surface area contributed by atoms with Gasteiger partial charge in [-0.25, -0.2) is 4.79 Å². The molecule has 0 fully saturated rings. The number of hydrogen-bond donors (Lipinski definition) is 2. The summed E-state index contributed by atoms with van der Waals surface area (Å²) in [6.45, 7) is 3.91. The van der Waals surface area contributed by atoms with Crippen molar-refractivity contribution in [3.8, 4) is 5.69 Å². The molecule has 0 unspecified atom stereocenters. The lowest BCUT2D eigenvalue weighted by Gasteiger charge is -2.09. The van der Waals surface area contributed by atoms with Crippen molar-refractivity contribution in [3.05, 3.63) is 87.2 Å². The predicted octanol–water partition coefficient (Wildman–Crippen LogP) is 4.15. The molecule has 0 atom stereocenters. The molecule has 28 heavy (non-hydrogen) atoms. The van der Waals surface area contributed by atoms with Gasteiger partial charge in [0.05, 0.1) is 22.4 Å². The third-order valence-electron chi connectivity index (χ3n) is 4.32. The third kappa shape index (κ3) is 3.90. The molecule has 3 rings (SSSR count). The van der Waals surface area contributed by atoms with Gasteiger partial charge in [-0.2, -0.15) is 5.10 Å². The maximum atomic E-state index is 11.0. The highest BCUT2D eigenvalue weighted by molar-refractivity contribution is 5.88. The lowest BCUT2D eigenvalue weighted by molar-refractivity contribution is -0.384. The van der Waals surface area contributed by atoms with Crippen LogP contribution in [-0.2, 0) is 0 Å². The highest BCUT2D eigenvalue weighted by Gasteiger charge is 2.10. The molecule has 0 amide bonds. The molecular formula is C20H18N4O4. The van der Waals surface area contributed by atoms with Crippen LogP contribution in [0.25, 0.3) is 5.69 Å². The highest BCUT2D eigenvalue weighted by atomic mass is 16.6. The molecule has 2 aromatic carbocycles. The maximum Gasteiger partial charge on any atom is 0.335 e. The molecule has 0 aliphatic carbocycles. The van der Waals surface area contributed by atoms with Crippen molar-refractivity contribution in [2.24, 2.45) is 5.10 Å². The van der Waals surface area contributed by atoms with Crippen molar-refractivity contribution < 1.29 is 14.8 Å². The molecule has 142 valence electrons. The molecule has 2 N–H and O–H groups in total. The average Bonchev–Trinajstić information content (AvgIpc) is 2.95. The Morgan fingerprint density at radius 2 is 1.79 bits per heavy atom. The van der Waals surface area contributed by atoms with Crippen LogP contribution in [0.3, 0.4) is 0 Å². The second-order valence-corrected chi connectivity index (χ2v) is 6.19. The number of nitro groups is 1. The molecule has 1 aromatic heterocycles. The lowest BCUT2D eigenvalue weighted by atomic mass is 10.2. The van der Waals surface area contributed by atoms with Crippen LogP contribution in [-0.4, -0.2) is 26.8 Å². The Morgan fingerprint density at radius 3 is 2.36 bits per heavy atom. The lowest BCUT2D eigenvalue weighted by Crippen LogP contribution is -2.01. The zero-order valence-electron chi connectivity index (χ0n) is 15.3. The summed E-state index contributed by atoms with van der Waals surface area (Å²) >= 11 is 0. The second kappa shape index (κ2) is 7.75. The maximum absolute atomic E-state index is 11.0. The Labute approximate surface area is 160 Å². The second-order valence-electron chi connectivity index (χ2n) is 6.19. The summed E-state index contributed by atoms with van der Waals surface area (Å²) < 4.78 is 2.01. The highest BCUT2D eigenvalue weighted by Crippen LogP contribution is 2.21. The molecule has 0 aliphatic rings. The molecule has 0 bridgehead atoms. The number of benzene rings is 2. The summed E-state index contributed by atoms with van der Waals surface area (Å²) in [5, 5.41) is 23.9. The van der Waals surface area contributed by atoms with E-state index in [-0.39, 0.29) is 11.3 Å². The van der Waals surface area contributed by atoms with E-state index in [9.17, 15) is 14.9 Å². The Bertz CT molecular complexity index is 1050. The van der Waals surface area contributed by atoms with Crippen LogP contribution in [0.1, 0.15) is 27.3 Å². The zero-order chi connectivity index (χ0) is 20.3. The van der Waals surface area contributed by atoms with E-state index in [1.165, 1.54) is 12.1 Å². The van der Waals surface area contributed by atoms with Gasteiger partial charge in [0.1, 0.15) is 0 Å². The molecule has 0 spiro atoms. The number of carboxylic acid groups (broad SMARTS) is 1. The van der Waals surface area contributed by atoms with Gasteiger partial charge in [0.15, 0.2) is 0 Å². The van der Waals surface area contributed by atoms with Gasteiger partial charge >= 0.3 is 5.97 Å². The number of nitro benzene ring substituents is 1. The SMILES string of the molecule is Cc1cc(/C=N/Nc2ccc([N+](=O)[O-])cc2)c(C)n1-c1ccc(C(=O)O)cc1. The summed E-state index contributed by atoms with van der Waals surface area (Å²) in [6, 6.07) is 14.6. The fourth-order valence-electron chi connectivity index (χ4n) is 2.90.